The normalized spacial score (nSPS) is 17.1. The van der Waals surface area contributed by atoms with Crippen LogP contribution in [0.3, 0.4) is 0 Å². The van der Waals surface area contributed by atoms with Gasteiger partial charge in [-0.2, -0.15) is 0 Å². The Labute approximate surface area is 88.0 Å². The predicted octanol–water partition coefficient (Wildman–Crippen LogP) is 1.13. The third-order valence-corrected chi connectivity index (χ3v) is 2.86. The van der Waals surface area contributed by atoms with Gasteiger partial charge in [-0.1, -0.05) is 18.2 Å². The Hall–Kier alpha value is -1.58. The number of hydrogen-bond donors (Lipinski definition) is 2. The Morgan fingerprint density at radius 3 is 2.53 bits per heavy atom. The molecule has 3 nitrogen and oxygen atoms in total. The fraction of sp³-hybridized carbons (Fsp3) is 0.364. The van der Waals surface area contributed by atoms with Crippen molar-refractivity contribution in [3.8, 4) is 0 Å². The number of nitrogens with zero attached hydrogens (tertiary/aromatic N) is 1. The van der Waals surface area contributed by atoms with E-state index in [0.29, 0.717) is 6.54 Å². The van der Waals surface area contributed by atoms with E-state index in [-0.39, 0.29) is 17.2 Å². The van der Waals surface area contributed by atoms with Crippen LogP contribution in [0.1, 0.15) is 18.4 Å². The van der Waals surface area contributed by atoms with Crippen LogP contribution in [-0.2, 0) is 5.41 Å². The standard InChI is InChI=1S/C11H14FN3/c12-9-4-2-1-3-8(9)11(5-6-11)7-15-10(13)14/h1-4H,5-7H2,(H4,13,14,15). The Morgan fingerprint density at radius 2 is 2.00 bits per heavy atom. The van der Waals surface area contributed by atoms with Crippen LogP contribution in [0.4, 0.5) is 4.39 Å². The molecule has 0 heterocycles. The van der Waals surface area contributed by atoms with E-state index in [0.717, 1.165) is 18.4 Å². The summed E-state index contributed by atoms with van der Waals surface area (Å²) in [5.74, 6) is -0.0987. The van der Waals surface area contributed by atoms with Gasteiger partial charge in [-0.25, -0.2) is 4.39 Å². The first-order valence-corrected chi connectivity index (χ1v) is 4.94. The van der Waals surface area contributed by atoms with Crippen LogP contribution < -0.4 is 11.5 Å². The summed E-state index contributed by atoms with van der Waals surface area (Å²) in [5, 5.41) is 0. The molecule has 1 saturated carbocycles. The minimum Gasteiger partial charge on any atom is -0.370 e. The summed E-state index contributed by atoms with van der Waals surface area (Å²) in [6.07, 6.45) is 1.90. The van der Waals surface area contributed by atoms with E-state index in [1.807, 2.05) is 12.1 Å². The lowest BCUT2D eigenvalue weighted by atomic mass is 9.95. The highest BCUT2D eigenvalue weighted by molar-refractivity contribution is 5.75. The van der Waals surface area contributed by atoms with Gasteiger partial charge < -0.3 is 11.5 Å². The summed E-state index contributed by atoms with van der Waals surface area (Å²) >= 11 is 0. The van der Waals surface area contributed by atoms with Crippen molar-refractivity contribution in [1.82, 2.24) is 0 Å². The highest BCUT2D eigenvalue weighted by atomic mass is 19.1. The first-order chi connectivity index (χ1) is 7.14. The van der Waals surface area contributed by atoms with Gasteiger partial charge in [0.25, 0.3) is 0 Å². The molecule has 0 spiro atoms. The van der Waals surface area contributed by atoms with Crippen molar-refractivity contribution in [3.63, 3.8) is 0 Å². The van der Waals surface area contributed by atoms with Crippen molar-refractivity contribution in [2.24, 2.45) is 16.5 Å². The van der Waals surface area contributed by atoms with Gasteiger partial charge >= 0.3 is 0 Å². The van der Waals surface area contributed by atoms with E-state index in [9.17, 15) is 4.39 Å². The lowest BCUT2D eigenvalue weighted by Crippen LogP contribution is -2.25. The summed E-state index contributed by atoms with van der Waals surface area (Å²) in [6, 6.07) is 6.82. The Balaban J connectivity index is 2.23. The third kappa shape index (κ3) is 1.93. The molecular weight excluding hydrogens is 193 g/mol. The highest BCUT2D eigenvalue weighted by Crippen LogP contribution is 2.49. The SMILES string of the molecule is NC(N)=NCC1(c2ccccc2F)CC1. The van der Waals surface area contributed by atoms with Crippen LogP contribution in [-0.4, -0.2) is 12.5 Å². The topological polar surface area (TPSA) is 64.4 Å². The third-order valence-electron chi connectivity index (χ3n) is 2.86. The molecule has 0 saturated heterocycles. The molecule has 15 heavy (non-hydrogen) atoms. The van der Waals surface area contributed by atoms with Crippen molar-refractivity contribution in [2.75, 3.05) is 6.54 Å². The van der Waals surface area contributed by atoms with Gasteiger partial charge in [0.1, 0.15) is 5.82 Å². The Bertz CT molecular complexity index is 393. The van der Waals surface area contributed by atoms with Crippen molar-refractivity contribution >= 4 is 5.96 Å². The zero-order chi connectivity index (χ0) is 10.9. The minimum absolute atomic E-state index is 0.0672. The molecule has 80 valence electrons. The number of halogens is 1. The molecule has 0 radical (unpaired) electrons. The molecule has 4 heteroatoms. The largest absolute Gasteiger partial charge is 0.370 e. The summed E-state index contributed by atoms with van der Waals surface area (Å²) in [6.45, 7) is 0.482. The smallest absolute Gasteiger partial charge is 0.185 e. The quantitative estimate of drug-likeness (QED) is 0.576. The van der Waals surface area contributed by atoms with E-state index in [1.165, 1.54) is 6.07 Å². The summed E-state index contributed by atoms with van der Waals surface area (Å²) in [4.78, 5) is 3.98. The van der Waals surface area contributed by atoms with Crippen molar-refractivity contribution in [2.45, 2.75) is 18.3 Å². The second-order valence-electron chi connectivity index (χ2n) is 4.00. The van der Waals surface area contributed by atoms with E-state index >= 15 is 0 Å². The van der Waals surface area contributed by atoms with Crippen molar-refractivity contribution in [3.05, 3.63) is 35.6 Å². The molecule has 2 rings (SSSR count). The highest BCUT2D eigenvalue weighted by Gasteiger charge is 2.45. The Morgan fingerprint density at radius 1 is 1.33 bits per heavy atom. The minimum atomic E-state index is -0.166. The summed E-state index contributed by atoms with van der Waals surface area (Å²) in [7, 11) is 0. The molecule has 0 bridgehead atoms. The van der Waals surface area contributed by atoms with Crippen LogP contribution in [0.2, 0.25) is 0 Å². The molecule has 1 aliphatic rings. The number of hydrogen-bond acceptors (Lipinski definition) is 1. The zero-order valence-electron chi connectivity index (χ0n) is 8.41. The van der Waals surface area contributed by atoms with Gasteiger partial charge in [-0.3, -0.25) is 4.99 Å². The second-order valence-corrected chi connectivity index (χ2v) is 4.00. The Kier molecular flexibility index (Phi) is 2.34. The second kappa shape index (κ2) is 3.53. The lowest BCUT2D eigenvalue weighted by molar-refractivity contribution is 0.573. The molecule has 0 unspecified atom stereocenters. The number of aliphatic imine (C=N–C) groups is 1. The molecule has 0 aliphatic heterocycles. The van der Waals surface area contributed by atoms with Gasteiger partial charge in [0, 0.05) is 5.41 Å². The first-order valence-electron chi connectivity index (χ1n) is 4.94. The van der Waals surface area contributed by atoms with Gasteiger partial charge in [0.2, 0.25) is 0 Å². The van der Waals surface area contributed by atoms with E-state index in [4.69, 9.17) is 11.5 Å². The van der Waals surface area contributed by atoms with Crippen molar-refractivity contribution in [1.29, 1.82) is 0 Å². The summed E-state index contributed by atoms with van der Waals surface area (Å²) in [5.41, 5.74) is 11.1. The molecule has 4 N–H and O–H groups in total. The maximum Gasteiger partial charge on any atom is 0.185 e. The molecule has 0 amide bonds. The van der Waals surface area contributed by atoms with Gasteiger partial charge in [-0.05, 0) is 24.5 Å². The monoisotopic (exact) mass is 207 g/mol. The fourth-order valence-corrected chi connectivity index (χ4v) is 1.80. The van der Waals surface area contributed by atoms with Crippen LogP contribution in [0.15, 0.2) is 29.3 Å². The molecule has 0 atom stereocenters. The van der Waals surface area contributed by atoms with Crippen molar-refractivity contribution < 1.29 is 4.39 Å². The van der Waals surface area contributed by atoms with Crippen LogP contribution in [0, 0.1) is 5.82 Å². The van der Waals surface area contributed by atoms with Crippen LogP contribution >= 0.6 is 0 Å². The lowest BCUT2D eigenvalue weighted by Gasteiger charge is -2.13. The van der Waals surface area contributed by atoms with Crippen LogP contribution in [0.25, 0.3) is 0 Å². The van der Waals surface area contributed by atoms with Gasteiger partial charge in [0.15, 0.2) is 5.96 Å². The first kappa shape index (κ1) is 9.96. The van der Waals surface area contributed by atoms with Gasteiger partial charge in [0.05, 0.1) is 6.54 Å². The molecule has 1 fully saturated rings. The zero-order valence-corrected chi connectivity index (χ0v) is 8.41. The fourth-order valence-electron chi connectivity index (χ4n) is 1.80. The average Bonchev–Trinajstić information content (AvgIpc) is 2.97. The molecular formula is C11H14FN3. The number of guanidine groups is 1. The van der Waals surface area contributed by atoms with Crippen LogP contribution in [0.5, 0.6) is 0 Å². The van der Waals surface area contributed by atoms with E-state index in [2.05, 4.69) is 4.99 Å². The maximum atomic E-state index is 13.5. The number of rotatable bonds is 3. The van der Waals surface area contributed by atoms with Gasteiger partial charge in [-0.15, -0.1) is 0 Å². The van der Waals surface area contributed by atoms with E-state index < -0.39 is 0 Å². The molecule has 0 aromatic heterocycles. The maximum absolute atomic E-state index is 13.5. The number of nitrogens with two attached hydrogens (primary N) is 2. The average molecular weight is 207 g/mol. The number of benzene rings is 1. The molecule has 1 aromatic carbocycles. The van der Waals surface area contributed by atoms with E-state index in [1.54, 1.807) is 6.07 Å². The molecule has 1 aliphatic carbocycles. The molecule has 1 aromatic rings. The predicted molar refractivity (Wildman–Crippen MR) is 58.0 cm³/mol. The summed E-state index contributed by atoms with van der Waals surface area (Å²) < 4.78 is 13.5.